The Bertz CT molecular complexity index is 677. The molecule has 1 atom stereocenters. The minimum Gasteiger partial charge on any atom is -0.339 e. The van der Waals surface area contributed by atoms with Crippen molar-refractivity contribution in [1.82, 2.24) is 9.80 Å². The Hall–Kier alpha value is -2.22. The molecule has 2 aliphatic rings. The van der Waals surface area contributed by atoms with Gasteiger partial charge < -0.3 is 9.80 Å². The lowest BCUT2D eigenvalue weighted by Crippen LogP contribution is -2.50. The van der Waals surface area contributed by atoms with Crippen molar-refractivity contribution in [3.63, 3.8) is 0 Å². The van der Waals surface area contributed by atoms with Crippen LogP contribution < -0.4 is 0 Å². The fourth-order valence-electron chi connectivity index (χ4n) is 3.07. The number of thiophene rings is 1. The number of carbonyl (C=O) groups is 2. The van der Waals surface area contributed by atoms with Gasteiger partial charge in [0.1, 0.15) is 0 Å². The van der Waals surface area contributed by atoms with Gasteiger partial charge in [-0.05, 0) is 24.8 Å². The molecule has 2 amide bonds. The van der Waals surface area contributed by atoms with Crippen LogP contribution in [0.4, 0.5) is 5.00 Å². The lowest BCUT2D eigenvalue weighted by Gasteiger charge is -2.35. The van der Waals surface area contributed by atoms with E-state index in [0.29, 0.717) is 43.4 Å². The number of hydrogen-bond acceptors (Lipinski definition) is 5. The zero-order valence-corrected chi connectivity index (χ0v) is 14.0. The van der Waals surface area contributed by atoms with E-state index in [1.807, 2.05) is 4.90 Å². The van der Waals surface area contributed by atoms with Crippen molar-refractivity contribution in [2.75, 3.05) is 26.2 Å². The number of rotatable bonds is 4. The van der Waals surface area contributed by atoms with Crippen LogP contribution in [0.15, 0.2) is 24.3 Å². The van der Waals surface area contributed by atoms with Gasteiger partial charge in [-0.15, -0.1) is 0 Å². The summed E-state index contributed by atoms with van der Waals surface area (Å²) < 4.78 is 0. The van der Waals surface area contributed by atoms with Crippen molar-refractivity contribution in [2.24, 2.45) is 5.92 Å². The number of piperazine rings is 1. The Morgan fingerprint density at radius 2 is 1.92 bits per heavy atom. The number of carbonyl (C=O) groups excluding carboxylic acids is 2. The lowest BCUT2D eigenvalue weighted by atomic mass is 10.0. The second-order valence-corrected chi connectivity index (χ2v) is 7.10. The Labute approximate surface area is 143 Å². The van der Waals surface area contributed by atoms with Crippen molar-refractivity contribution in [3.8, 4) is 0 Å². The van der Waals surface area contributed by atoms with Crippen LogP contribution in [0, 0.1) is 16.0 Å². The third kappa shape index (κ3) is 3.64. The Morgan fingerprint density at radius 3 is 2.50 bits per heavy atom. The van der Waals surface area contributed by atoms with E-state index in [9.17, 15) is 19.7 Å². The van der Waals surface area contributed by atoms with Crippen molar-refractivity contribution in [3.05, 3.63) is 39.3 Å². The van der Waals surface area contributed by atoms with Crippen LogP contribution in [0.2, 0.25) is 0 Å². The first-order valence-electron chi connectivity index (χ1n) is 8.02. The zero-order valence-electron chi connectivity index (χ0n) is 13.2. The van der Waals surface area contributed by atoms with Crippen LogP contribution in [-0.2, 0) is 4.79 Å². The normalized spacial score (nSPS) is 20.4. The largest absolute Gasteiger partial charge is 0.339 e. The molecular weight excluding hydrogens is 330 g/mol. The molecule has 0 bridgehead atoms. The van der Waals surface area contributed by atoms with Crippen LogP contribution in [0.3, 0.4) is 0 Å². The summed E-state index contributed by atoms with van der Waals surface area (Å²) >= 11 is 0.893. The van der Waals surface area contributed by atoms with Gasteiger partial charge in [-0.25, -0.2) is 0 Å². The van der Waals surface area contributed by atoms with Crippen molar-refractivity contribution < 1.29 is 14.5 Å². The molecule has 1 aliphatic carbocycles. The summed E-state index contributed by atoms with van der Waals surface area (Å²) in [7, 11) is 0. The van der Waals surface area contributed by atoms with Gasteiger partial charge >= 0.3 is 5.00 Å². The van der Waals surface area contributed by atoms with Crippen LogP contribution in [0.25, 0.3) is 0 Å². The minimum atomic E-state index is -0.491. The van der Waals surface area contributed by atoms with Gasteiger partial charge in [0, 0.05) is 38.7 Å². The maximum absolute atomic E-state index is 12.4. The lowest BCUT2D eigenvalue weighted by molar-refractivity contribution is -0.380. The van der Waals surface area contributed by atoms with E-state index in [2.05, 4.69) is 12.2 Å². The number of nitrogens with zero attached hydrogens (tertiary/aromatic N) is 3. The van der Waals surface area contributed by atoms with Crippen molar-refractivity contribution >= 4 is 28.2 Å². The molecular formula is C16H19N3O4S. The average Bonchev–Trinajstić information content (AvgIpc) is 3.26. The molecule has 2 heterocycles. The predicted octanol–water partition coefficient (Wildman–Crippen LogP) is 2.30. The SMILES string of the molecule is O=C(CC1C=CCC1)N1CCN(C(=O)c2ccc([N+](=O)[O-])s2)CC1. The summed E-state index contributed by atoms with van der Waals surface area (Å²) in [6.45, 7) is 1.98. The van der Waals surface area contributed by atoms with Gasteiger partial charge in [0.2, 0.25) is 5.91 Å². The fourth-order valence-corrected chi connectivity index (χ4v) is 3.86. The second kappa shape index (κ2) is 7.12. The van der Waals surface area contributed by atoms with Gasteiger partial charge in [0.05, 0.1) is 9.80 Å². The molecule has 24 heavy (non-hydrogen) atoms. The summed E-state index contributed by atoms with van der Waals surface area (Å²) in [6, 6.07) is 2.85. The molecule has 7 nitrogen and oxygen atoms in total. The van der Waals surface area contributed by atoms with Crippen LogP contribution in [0.1, 0.15) is 28.9 Å². The molecule has 1 fully saturated rings. The third-order valence-electron chi connectivity index (χ3n) is 4.45. The average molecular weight is 349 g/mol. The highest BCUT2D eigenvalue weighted by Crippen LogP contribution is 2.26. The van der Waals surface area contributed by atoms with E-state index < -0.39 is 4.92 Å². The molecule has 1 saturated heterocycles. The van der Waals surface area contributed by atoms with Crippen molar-refractivity contribution in [2.45, 2.75) is 19.3 Å². The topological polar surface area (TPSA) is 83.8 Å². The van der Waals surface area contributed by atoms with Gasteiger partial charge in [0.25, 0.3) is 5.91 Å². The first kappa shape index (κ1) is 16.6. The molecule has 1 aromatic heterocycles. The smallest absolute Gasteiger partial charge is 0.324 e. The van der Waals surface area contributed by atoms with Crippen LogP contribution >= 0.6 is 11.3 Å². The van der Waals surface area contributed by atoms with E-state index in [-0.39, 0.29) is 16.8 Å². The van der Waals surface area contributed by atoms with Gasteiger partial charge in [-0.2, -0.15) is 0 Å². The maximum atomic E-state index is 12.4. The second-order valence-electron chi connectivity index (χ2n) is 6.04. The molecule has 1 unspecified atom stereocenters. The van der Waals surface area contributed by atoms with E-state index in [1.165, 1.54) is 12.1 Å². The summed E-state index contributed by atoms with van der Waals surface area (Å²) in [5.74, 6) is 0.299. The molecule has 0 aromatic carbocycles. The van der Waals surface area contributed by atoms with Crippen molar-refractivity contribution in [1.29, 1.82) is 0 Å². The highest BCUT2D eigenvalue weighted by molar-refractivity contribution is 7.17. The molecule has 8 heteroatoms. The molecule has 0 spiro atoms. The first-order chi connectivity index (χ1) is 11.5. The molecule has 0 N–H and O–H groups in total. The summed E-state index contributed by atoms with van der Waals surface area (Å²) in [5.41, 5.74) is 0. The van der Waals surface area contributed by atoms with E-state index in [0.717, 1.165) is 24.2 Å². The highest BCUT2D eigenvalue weighted by atomic mass is 32.1. The quantitative estimate of drug-likeness (QED) is 0.474. The Morgan fingerprint density at radius 1 is 1.21 bits per heavy atom. The molecule has 0 saturated carbocycles. The van der Waals surface area contributed by atoms with Gasteiger partial charge in [-0.3, -0.25) is 19.7 Å². The highest BCUT2D eigenvalue weighted by Gasteiger charge is 2.27. The number of allylic oxidation sites excluding steroid dienone is 2. The predicted molar refractivity (Wildman–Crippen MR) is 89.9 cm³/mol. The third-order valence-corrected chi connectivity index (χ3v) is 5.48. The number of amides is 2. The molecule has 1 aliphatic heterocycles. The molecule has 1 aromatic rings. The zero-order chi connectivity index (χ0) is 17.1. The molecule has 3 rings (SSSR count). The maximum Gasteiger partial charge on any atom is 0.324 e. The van der Waals surface area contributed by atoms with Gasteiger partial charge in [-0.1, -0.05) is 23.5 Å². The van der Waals surface area contributed by atoms with E-state index >= 15 is 0 Å². The summed E-state index contributed by atoms with van der Waals surface area (Å²) in [5, 5.41) is 10.7. The first-order valence-corrected chi connectivity index (χ1v) is 8.84. The van der Waals surface area contributed by atoms with Gasteiger partial charge in [0.15, 0.2) is 0 Å². The van der Waals surface area contributed by atoms with Crippen LogP contribution in [0.5, 0.6) is 0 Å². The number of hydrogen-bond donors (Lipinski definition) is 0. The standard InChI is InChI=1S/C16H19N3O4S/c20-14(11-12-3-1-2-4-12)17-7-9-18(10-8-17)16(21)13-5-6-15(24-13)19(22)23/h1,3,5-6,12H,2,4,7-11H2. The van der Waals surface area contributed by atoms with E-state index in [4.69, 9.17) is 0 Å². The fraction of sp³-hybridized carbons (Fsp3) is 0.500. The summed E-state index contributed by atoms with van der Waals surface area (Å²) in [4.78, 5) is 38.8. The van der Waals surface area contributed by atoms with E-state index in [1.54, 1.807) is 4.90 Å². The molecule has 0 radical (unpaired) electrons. The Balaban J connectivity index is 1.52. The summed E-state index contributed by atoms with van der Waals surface area (Å²) in [6.07, 6.45) is 6.87. The van der Waals surface area contributed by atoms with Crippen LogP contribution in [-0.4, -0.2) is 52.7 Å². The monoisotopic (exact) mass is 349 g/mol. The molecule has 128 valence electrons. The number of nitro groups is 1. The Kier molecular flexibility index (Phi) is 4.94. The minimum absolute atomic E-state index is 0.0308.